The maximum absolute atomic E-state index is 13.5. The molecule has 3 N–H and O–H groups in total. The molecule has 1 aliphatic carbocycles. The van der Waals surface area contributed by atoms with Gasteiger partial charge in [0.1, 0.15) is 11.6 Å². The van der Waals surface area contributed by atoms with Gasteiger partial charge in [-0.1, -0.05) is 48.7 Å². The first-order valence-electron chi connectivity index (χ1n) is 12.4. The summed E-state index contributed by atoms with van der Waals surface area (Å²) in [6, 6.07) is 18.9. The highest BCUT2D eigenvalue weighted by Gasteiger charge is 2.26. The molecule has 0 bridgehead atoms. The zero-order valence-corrected chi connectivity index (χ0v) is 21.2. The minimum Gasteiger partial charge on any atom is -0.507 e. The number of anilines is 1. The number of phenols is 1. The summed E-state index contributed by atoms with van der Waals surface area (Å²) in [6.45, 7) is 0.154. The zero-order valence-electron chi connectivity index (χ0n) is 20.5. The van der Waals surface area contributed by atoms with Gasteiger partial charge in [0.2, 0.25) is 0 Å². The second-order valence-electron chi connectivity index (χ2n) is 9.30. The quantitative estimate of drug-likeness (QED) is 0.257. The van der Waals surface area contributed by atoms with Crippen LogP contribution in [0.15, 0.2) is 72.8 Å². The first-order valence-corrected chi connectivity index (χ1v) is 12.8. The molecule has 0 radical (unpaired) electrons. The van der Waals surface area contributed by atoms with Crippen LogP contribution in [0.2, 0.25) is 5.02 Å². The molecule has 0 saturated heterocycles. The Bertz CT molecular complexity index is 1500. The van der Waals surface area contributed by atoms with Crippen LogP contribution in [0.4, 0.5) is 14.9 Å². The summed E-state index contributed by atoms with van der Waals surface area (Å²) >= 11 is 6.11. The van der Waals surface area contributed by atoms with E-state index in [-0.39, 0.29) is 24.0 Å². The number of amides is 2. The molecule has 0 atom stereocenters. The molecular formula is C29H26ClFN4O3. The van der Waals surface area contributed by atoms with Gasteiger partial charge in [-0.25, -0.2) is 9.18 Å². The van der Waals surface area contributed by atoms with Crippen molar-refractivity contribution < 1.29 is 19.1 Å². The highest BCUT2D eigenvalue weighted by molar-refractivity contribution is 6.34. The number of hydrogen-bond acceptors (Lipinski definition) is 4. The predicted octanol–water partition coefficient (Wildman–Crippen LogP) is 6.72. The van der Waals surface area contributed by atoms with Crippen LogP contribution in [-0.2, 0) is 6.54 Å². The van der Waals surface area contributed by atoms with E-state index >= 15 is 0 Å². The molecule has 1 aliphatic rings. The van der Waals surface area contributed by atoms with E-state index in [2.05, 4.69) is 15.7 Å². The van der Waals surface area contributed by atoms with Gasteiger partial charge in [-0.15, -0.1) is 0 Å². The van der Waals surface area contributed by atoms with E-state index < -0.39 is 11.9 Å². The number of benzene rings is 3. The van der Waals surface area contributed by atoms with Crippen molar-refractivity contribution in [2.45, 2.75) is 38.1 Å². The zero-order chi connectivity index (χ0) is 26.6. The van der Waals surface area contributed by atoms with Crippen LogP contribution in [-0.4, -0.2) is 26.8 Å². The van der Waals surface area contributed by atoms with Crippen molar-refractivity contribution in [2.75, 3.05) is 5.32 Å². The number of rotatable bonds is 6. The average molecular weight is 533 g/mol. The highest BCUT2D eigenvalue weighted by atomic mass is 35.5. The number of halogens is 2. The predicted molar refractivity (Wildman–Crippen MR) is 144 cm³/mol. The molecule has 1 heterocycles. The third kappa shape index (κ3) is 5.55. The average Bonchev–Trinajstić information content (AvgIpc) is 3.58. The largest absolute Gasteiger partial charge is 0.507 e. The van der Waals surface area contributed by atoms with Gasteiger partial charge in [0.05, 0.1) is 22.0 Å². The lowest BCUT2D eigenvalue weighted by atomic mass is 10.0. The summed E-state index contributed by atoms with van der Waals surface area (Å²) in [7, 11) is 0. The van der Waals surface area contributed by atoms with Crippen molar-refractivity contribution in [3.8, 4) is 17.0 Å². The maximum atomic E-state index is 13.5. The van der Waals surface area contributed by atoms with Crippen molar-refractivity contribution in [2.24, 2.45) is 0 Å². The molecule has 194 valence electrons. The van der Waals surface area contributed by atoms with Crippen LogP contribution in [0.25, 0.3) is 11.3 Å². The van der Waals surface area contributed by atoms with Crippen LogP contribution >= 0.6 is 11.6 Å². The van der Waals surface area contributed by atoms with Gasteiger partial charge in [0.25, 0.3) is 5.91 Å². The SMILES string of the molecule is O=C(Nc1ccc(-c2cc(C3CCCC3)n(C(=O)NCc3cccc(F)c3)n2)c(O)c1)c1ccccc1Cl. The maximum Gasteiger partial charge on any atom is 0.342 e. The smallest absolute Gasteiger partial charge is 0.342 e. The first-order chi connectivity index (χ1) is 18.4. The summed E-state index contributed by atoms with van der Waals surface area (Å²) in [5.41, 5.74) is 2.98. The van der Waals surface area contributed by atoms with E-state index in [1.165, 1.54) is 22.9 Å². The van der Waals surface area contributed by atoms with Crippen LogP contribution in [0.1, 0.15) is 53.2 Å². The second kappa shape index (κ2) is 11.1. The molecule has 1 fully saturated rings. The van der Waals surface area contributed by atoms with Gasteiger partial charge in [-0.3, -0.25) is 4.79 Å². The van der Waals surface area contributed by atoms with Gasteiger partial charge in [0.15, 0.2) is 0 Å². The van der Waals surface area contributed by atoms with Gasteiger partial charge < -0.3 is 15.7 Å². The molecule has 3 aromatic carbocycles. The van der Waals surface area contributed by atoms with E-state index in [9.17, 15) is 19.1 Å². The third-order valence-electron chi connectivity index (χ3n) is 6.69. The Kier molecular flexibility index (Phi) is 7.42. The molecule has 5 rings (SSSR count). The Morgan fingerprint density at radius 3 is 2.55 bits per heavy atom. The molecule has 1 saturated carbocycles. The molecule has 38 heavy (non-hydrogen) atoms. The highest BCUT2D eigenvalue weighted by Crippen LogP contribution is 2.38. The molecule has 0 spiro atoms. The van der Waals surface area contributed by atoms with E-state index in [1.807, 2.05) is 6.07 Å². The lowest BCUT2D eigenvalue weighted by Gasteiger charge is -2.12. The van der Waals surface area contributed by atoms with Crippen molar-refractivity contribution in [1.82, 2.24) is 15.1 Å². The number of hydrogen-bond donors (Lipinski definition) is 3. The summed E-state index contributed by atoms with van der Waals surface area (Å²) in [4.78, 5) is 25.7. The van der Waals surface area contributed by atoms with Crippen molar-refractivity contribution >= 4 is 29.2 Å². The second-order valence-corrected chi connectivity index (χ2v) is 9.71. The van der Waals surface area contributed by atoms with E-state index in [4.69, 9.17) is 11.6 Å². The fraction of sp³-hybridized carbons (Fsp3) is 0.207. The van der Waals surface area contributed by atoms with Crippen molar-refractivity contribution in [3.05, 3.63) is 100 Å². The van der Waals surface area contributed by atoms with Gasteiger partial charge in [0, 0.05) is 29.8 Å². The Labute approximate surface area is 224 Å². The molecule has 1 aromatic heterocycles. The van der Waals surface area contributed by atoms with Crippen molar-refractivity contribution in [3.63, 3.8) is 0 Å². The number of phenolic OH excluding ortho intramolecular Hbond substituents is 1. The Hall–Kier alpha value is -4.17. The fourth-order valence-electron chi connectivity index (χ4n) is 4.77. The van der Waals surface area contributed by atoms with Crippen molar-refractivity contribution in [1.29, 1.82) is 0 Å². The van der Waals surface area contributed by atoms with Gasteiger partial charge in [-0.2, -0.15) is 9.78 Å². The number of carbonyl (C=O) groups is 2. The minimum absolute atomic E-state index is 0.0928. The number of aromatic nitrogens is 2. The van der Waals surface area contributed by atoms with E-state index in [0.717, 1.165) is 31.4 Å². The summed E-state index contributed by atoms with van der Waals surface area (Å²) in [6.07, 6.45) is 4.03. The lowest BCUT2D eigenvalue weighted by Crippen LogP contribution is -2.30. The van der Waals surface area contributed by atoms with E-state index in [0.29, 0.717) is 33.1 Å². The lowest BCUT2D eigenvalue weighted by molar-refractivity contribution is 0.102. The third-order valence-corrected chi connectivity index (χ3v) is 7.02. The van der Waals surface area contributed by atoms with Crippen LogP contribution < -0.4 is 10.6 Å². The van der Waals surface area contributed by atoms with E-state index in [1.54, 1.807) is 48.5 Å². The number of nitrogens with one attached hydrogen (secondary N) is 2. The fourth-order valence-corrected chi connectivity index (χ4v) is 4.99. The molecule has 4 aromatic rings. The van der Waals surface area contributed by atoms with Crippen LogP contribution in [0, 0.1) is 5.82 Å². The van der Waals surface area contributed by atoms with Gasteiger partial charge in [-0.05, 0) is 60.9 Å². The number of aromatic hydroxyl groups is 1. The van der Waals surface area contributed by atoms with Crippen LogP contribution in [0.5, 0.6) is 5.75 Å². The topological polar surface area (TPSA) is 96.3 Å². The molecule has 0 unspecified atom stereocenters. The summed E-state index contributed by atoms with van der Waals surface area (Å²) in [5.74, 6) is -0.686. The van der Waals surface area contributed by atoms with Crippen LogP contribution in [0.3, 0.4) is 0 Å². The number of carbonyl (C=O) groups excluding carboxylic acids is 2. The molecule has 9 heteroatoms. The Balaban J connectivity index is 1.38. The molecule has 7 nitrogen and oxygen atoms in total. The summed E-state index contributed by atoms with van der Waals surface area (Å²) in [5, 5.41) is 21.2. The normalized spacial score (nSPS) is 13.4. The Morgan fingerprint density at radius 1 is 1.03 bits per heavy atom. The molecular weight excluding hydrogens is 507 g/mol. The van der Waals surface area contributed by atoms with Gasteiger partial charge >= 0.3 is 6.03 Å². The number of nitrogens with zero attached hydrogens (tertiary/aromatic N) is 2. The monoisotopic (exact) mass is 532 g/mol. The minimum atomic E-state index is -0.425. The molecule has 0 aliphatic heterocycles. The standard InChI is InChI=1S/C29H26ClFN4O3/c30-24-11-4-3-10-22(24)28(37)33-21-12-13-23(27(36)15-21)25-16-26(19-7-1-2-8-19)35(34-25)29(38)32-17-18-6-5-9-20(31)14-18/h3-6,9-16,19,36H,1-2,7-8,17H2,(H,32,38)(H,33,37). The Morgan fingerprint density at radius 2 is 1.82 bits per heavy atom. The first kappa shape index (κ1) is 25.5. The summed E-state index contributed by atoms with van der Waals surface area (Å²) < 4.78 is 14.9. The molecule has 2 amide bonds.